The average Bonchev–Trinajstić information content (AvgIpc) is 2.60. The van der Waals surface area contributed by atoms with E-state index in [1.165, 1.54) is 4.31 Å². The first-order valence-corrected chi connectivity index (χ1v) is 10.2. The van der Waals surface area contributed by atoms with Crippen molar-refractivity contribution in [1.82, 2.24) is 9.62 Å². The number of benzene rings is 1. The Hall–Kier alpha value is -2.00. The zero-order valence-electron chi connectivity index (χ0n) is 16.3. The van der Waals surface area contributed by atoms with Gasteiger partial charge in [0.1, 0.15) is 5.82 Å². The van der Waals surface area contributed by atoms with E-state index < -0.39 is 45.4 Å². The second-order valence-electron chi connectivity index (χ2n) is 6.59. The van der Waals surface area contributed by atoms with Crippen LogP contribution in [0.5, 0.6) is 0 Å². The zero-order valence-corrected chi connectivity index (χ0v) is 17.2. The highest BCUT2D eigenvalue weighted by molar-refractivity contribution is 7.89. The molecule has 0 heterocycles. The van der Waals surface area contributed by atoms with Gasteiger partial charge >= 0.3 is 5.97 Å². The molecule has 0 aliphatic rings. The van der Waals surface area contributed by atoms with Crippen LogP contribution in [0.1, 0.15) is 51.4 Å². The zero-order chi connectivity index (χ0) is 20.8. The predicted molar refractivity (Wildman–Crippen MR) is 99.3 cm³/mol. The molecule has 27 heavy (non-hydrogen) atoms. The Kier molecular flexibility index (Phi) is 7.91. The maximum absolute atomic E-state index is 14.0. The van der Waals surface area contributed by atoms with Gasteiger partial charge in [-0.25, -0.2) is 17.6 Å². The molecule has 0 aliphatic heterocycles. The number of hydrogen-bond donors (Lipinski definition) is 1. The lowest BCUT2D eigenvalue weighted by molar-refractivity contribution is -0.125. The first kappa shape index (κ1) is 23.0. The molecule has 0 bridgehead atoms. The van der Waals surface area contributed by atoms with Crippen molar-refractivity contribution in [2.75, 3.05) is 19.7 Å². The van der Waals surface area contributed by atoms with E-state index >= 15 is 0 Å². The molecular weight excluding hydrogens is 375 g/mol. The van der Waals surface area contributed by atoms with Crippen molar-refractivity contribution >= 4 is 21.9 Å². The molecule has 1 rings (SSSR count). The lowest BCUT2D eigenvalue weighted by atomic mass is 10.0. The maximum Gasteiger partial charge on any atom is 0.341 e. The van der Waals surface area contributed by atoms with Crippen molar-refractivity contribution in [1.29, 1.82) is 0 Å². The highest BCUT2D eigenvalue weighted by Gasteiger charge is 2.25. The van der Waals surface area contributed by atoms with E-state index in [9.17, 15) is 22.4 Å². The molecule has 0 saturated carbocycles. The summed E-state index contributed by atoms with van der Waals surface area (Å²) in [6.45, 7) is 8.76. The third-order valence-corrected chi connectivity index (χ3v) is 6.24. The summed E-state index contributed by atoms with van der Waals surface area (Å²) in [5, 5.41) is 2.68. The highest BCUT2D eigenvalue weighted by Crippen LogP contribution is 2.20. The minimum absolute atomic E-state index is 0.212. The smallest absolute Gasteiger partial charge is 0.341 e. The fourth-order valence-electron chi connectivity index (χ4n) is 2.24. The Morgan fingerprint density at radius 3 is 2.30 bits per heavy atom. The number of rotatable bonds is 9. The number of esters is 1. The van der Waals surface area contributed by atoms with E-state index in [4.69, 9.17) is 4.74 Å². The largest absolute Gasteiger partial charge is 0.452 e. The van der Waals surface area contributed by atoms with Gasteiger partial charge in [0.2, 0.25) is 10.0 Å². The molecule has 1 N–H and O–H groups in total. The van der Waals surface area contributed by atoms with Crippen LogP contribution >= 0.6 is 0 Å². The number of halogens is 1. The molecule has 0 radical (unpaired) electrons. The Balaban J connectivity index is 2.97. The van der Waals surface area contributed by atoms with Crippen molar-refractivity contribution in [3.05, 3.63) is 29.6 Å². The number of hydrogen-bond acceptors (Lipinski definition) is 5. The van der Waals surface area contributed by atoms with Crippen molar-refractivity contribution in [2.24, 2.45) is 0 Å². The summed E-state index contributed by atoms with van der Waals surface area (Å²) < 4.78 is 45.1. The first-order chi connectivity index (χ1) is 12.5. The van der Waals surface area contributed by atoms with Crippen LogP contribution in [0, 0.1) is 5.82 Å². The molecule has 0 saturated heterocycles. The molecule has 9 heteroatoms. The lowest BCUT2D eigenvalue weighted by Crippen LogP contribution is -2.44. The third kappa shape index (κ3) is 6.00. The molecule has 7 nitrogen and oxygen atoms in total. The number of ether oxygens (including phenoxy) is 1. The fourth-order valence-corrected chi connectivity index (χ4v) is 3.73. The van der Waals surface area contributed by atoms with Gasteiger partial charge in [0.25, 0.3) is 5.91 Å². The van der Waals surface area contributed by atoms with E-state index in [2.05, 4.69) is 5.32 Å². The van der Waals surface area contributed by atoms with Crippen LogP contribution in [-0.2, 0) is 19.6 Å². The summed E-state index contributed by atoms with van der Waals surface area (Å²) in [5.41, 5.74) is -1.00. The van der Waals surface area contributed by atoms with E-state index in [1.807, 2.05) is 20.8 Å². The Morgan fingerprint density at radius 2 is 1.78 bits per heavy atom. The number of amides is 1. The third-order valence-electron chi connectivity index (χ3n) is 4.20. The van der Waals surface area contributed by atoms with Gasteiger partial charge in [-0.1, -0.05) is 20.8 Å². The van der Waals surface area contributed by atoms with Crippen LogP contribution in [0.2, 0.25) is 0 Å². The summed E-state index contributed by atoms with van der Waals surface area (Å²) in [6, 6.07) is 2.92. The molecule has 152 valence electrons. The molecule has 0 unspecified atom stereocenters. The van der Waals surface area contributed by atoms with Gasteiger partial charge < -0.3 is 10.1 Å². The monoisotopic (exact) mass is 402 g/mol. The van der Waals surface area contributed by atoms with Crippen molar-refractivity contribution in [3.63, 3.8) is 0 Å². The summed E-state index contributed by atoms with van der Waals surface area (Å²) in [5.74, 6) is -2.55. The number of nitrogens with one attached hydrogen (secondary N) is 1. The minimum atomic E-state index is -3.85. The first-order valence-electron chi connectivity index (χ1n) is 8.76. The second kappa shape index (κ2) is 9.27. The number of sulfonamides is 1. The van der Waals surface area contributed by atoms with Crippen LogP contribution in [0.25, 0.3) is 0 Å². The standard InChI is InChI=1S/C18H27FN2O5S/c1-6-18(4,5)20-16(22)12-26-17(23)14-11-13(9-10-15(14)19)27(24,25)21(7-2)8-3/h9-11H,6-8,12H2,1-5H3,(H,20,22). The predicted octanol–water partition coefficient (Wildman–Crippen LogP) is 2.32. The van der Waals surface area contributed by atoms with E-state index in [1.54, 1.807) is 13.8 Å². The van der Waals surface area contributed by atoms with Gasteiger partial charge in [0, 0.05) is 18.6 Å². The molecule has 1 aromatic carbocycles. The SMILES string of the molecule is CCN(CC)S(=O)(=O)c1ccc(F)c(C(=O)OCC(=O)NC(C)(C)CC)c1. The van der Waals surface area contributed by atoms with Gasteiger partial charge in [-0.2, -0.15) is 4.31 Å². The number of carbonyl (C=O) groups excluding carboxylic acids is 2. The Labute approximate surface area is 159 Å². The highest BCUT2D eigenvalue weighted by atomic mass is 32.2. The molecule has 0 fully saturated rings. The van der Waals surface area contributed by atoms with Crippen LogP contribution in [0.4, 0.5) is 4.39 Å². The lowest BCUT2D eigenvalue weighted by Gasteiger charge is -2.24. The summed E-state index contributed by atoms with van der Waals surface area (Å²) in [4.78, 5) is 23.8. The van der Waals surface area contributed by atoms with Gasteiger partial charge in [-0.05, 0) is 38.5 Å². The molecule has 0 spiro atoms. The van der Waals surface area contributed by atoms with Crippen LogP contribution in [0.3, 0.4) is 0 Å². The number of carbonyl (C=O) groups is 2. The minimum Gasteiger partial charge on any atom is -0.452 e. The van der Waals surface area contributed by atoms with Crippen molar-refractivity contribution in [2.45, 2.75) is 51.5 Å². The summed E-state index contributed by atoms with van der Waals surface area (Å²) in [7, 11) is -3.85. The second-order valence-corrected chi connectivity index (χ2v) is 8.53. The van der Waals surface area contributed by atoms with E-state index in [0.717, 1.165) is 18.2 Å². The van der Waals surface area contributed by atoms with Crippen LogP contribution < -0.4 is 5.32 Å². The molecule has 0 aromatic heterocycles. The molecule has 1 aromatic rings. The quantitative estimate of drug-likeness (QED) is 0.640. The van der Waals surface area contributed by atoms with Gasteiger partial charge in [-0.15, -0.1) is 0 Å². The Bertz CT molecular complexity index is 789. The van der Waals surface area contributed by atoms with Crippen LogP contribution in [0.15, 0.2) is 23.1 Å². The molecular formula is C18H27FN2O5S. The fraction of sp³-hybridized carbons (Fsp3) is 0.556. The normalized spacial score (nSPS) is 12.1. The van der Waals surface area contributed by atoms with Gasteiger partial charge in [0.15, 0.2) is 6.61 Å². The van der Waals surface area contributed by atoms with E-state index in [-0.39, 0.29) is 18.0 Å². The maximum atomic E-state index is 14.0. The number of nitrogens with zero attached hydrogens (tertiary/aromatic N) is 1. The average molecular weight is 402 g/mol. The van der Waals surface area contributed by atoms with E-state index in [0.29, 0.717) is 6.42 Å². The topological polar surface area (TPSA) is 92.8 Å². The Morgan fingerprint density at radius 1 is 1.19 bits per heavy atom. The van der Waals surface area contributed by atoms with Gasteiger partial charge in [0.05, 0.1) is 10.5 Å². The summed E-state index contributed by atoms with van der Waals surface area (Å²) >= 11 is 0. The molecule has 0 atom stereocenters. The molecule has 0 aliphatic carbocycles. The van der Waals surface area contributed by atoms with Gasteiger partial charge in [-0.3, -0.25) is 4.79 Å². The van der Waals surface area contributed by atoms with Crippen LogP contribution in [-0.4, -0.2) is 49.8 Å². The summed E-state index contributed by atoms with van der Waals surface area (Å²) in [6.07, 6.45) is 0.673. The van der Waals surface area contributed by atoms with Crippen molar-refractivity contribution < 1.29 is 27.1 Å². The molecule has 1 amide bonds. The van der Waals surface area contributed by atoms with Crippen molar-refractivity contribution in [3.8, 4) is 0 Å².